The molecule has 3 aromatic rings. The van der Waals surface area contributed by atoms with Gasteiger partial charge in [0.1, 0.15) is 7.19 Å². The molecule has 0 unspecified atom stereocenters. The summed E-state index contributed by atoms with van der Waals surface area (Å²) in [6.07, 6.45) is -0.487. The summed E-state index contributed by atoms with van der Waals surface area (Å²) in [4.78, 5) is 25.1. The number of benzene rings is 1. The lowest BCUT2D eigenvalue weighted by molar-refractivity contribution is 0.0714. The molecule has 1 fully saturated rings. The number of furan rings is 1. The van der Waals surface area contributed by atoms with Crippen molar-refractivity contribution in [1.82, 2.24) is 14.9 Å². The second kappa shape index (κ2) is 7.26. The molecule has 1 amide bonds. The van der Waals surface area contributed by atoms with E-state index >= 15 is 0 Å². The maximum atomic E-state index is 12.6. The third-order valence-corrected chi connectivity index (χ3v) is 4.64. The van der Waals surface area contributed by atoms with Gasteiger partial charge in [0.05, 0.1) is 28.7 Å². The Morgan fingerprint density at radius 2 is 1.89 bits per heavy atom. The molecule has 9 nitrogen and oxygen atoms in total. The number of ether oxygens (including phenoxy) is 2. The van der Waals surface area contributed by atoms with Crippen molar-refractivity contribution in [3.05, 3.63) is 36.2 Å². The minimum Gasteiger partial charge on any atom is -0.493 e. The van der Waals surface area contributed by atoms with Crippen LogP contribution in [-0.4, -0.2) is 61.2 Å². The first kappa shape index (κ1) is 14.6. The van der Waals surface area contributed by atoms with Crippen molar-refractivity contribution in [2.24, 2.45) is 0 Å². The SMILES string of the molecule is [2H]c1oc(C(=O)N2CCN(c3nc(N)c4cc(OC)c(OC)cc4n3)CC2)c([2H])c1[2H]. The van der Waals surface area contributed by atoms with Gasteiger partial charge in [-0.1, -0.05) is 0 Å². The van der Waals surface area contributed by atoms with Crippen LogP contribution in [0.2, 0.25) is 0 Å². The van der Waals surface area contributed by atoms with Gasteiger partial charge in [0.15, 0.2) is 17.3 Å². The van der Waals surface area contributed by atoms with Gasteiger partial charge >= 0.3 is 0 Å². The molecular formula is C19H21N5O4. The fourth-order valence-electron chi connectivity index (χ4n) is 3.14. The molecule has 0 radical (unpaired) electrons. The highest BCUT2D eigenvalue weighted by atomic mass is 16.5. The summed E-state index contributed by atoms with van der Waals surface area (Å²) in [5.41, 5.74) is 6.77. The fourth-order valence-corrected chi connectivity index (χ4v) is 3.14. The lowest BCUT2D eigenvalue weighted by atomic mass is 10.2. The predicted octanol–water partition coefficient (Wildman–Crippen LogP) is 1.78. The quantitative estimate of drug-likeness (QED) is 0.723. The Balaban J connectivity index is 1.54. The molecule has 0 atom stereocenters. The number of nitrogens with zero attached hydrogens (tertiary/aromatic N) is 4. The number of piperazine rings is 1. The van der Waals surface area contributed by atoms with E-state index in [9.17, 15) is 4.79 Å². The molecule has 0 saturated carbocycles. The molecule has 0 spiro atoms. The maximum Gasteiger partial charge on any atom is 0.289 e. The molecule has 1 aliphatic rings. The van der Waals surface area contributed by atoms with Crippen LogP contribution < -0.4 is 20.1 Å². The number of anilines is 2. The first-order valence-electron chi connectivity index (χ1n) is 10.1. The monoisotopic (exact) mass is 386 g/mol. The standard InChI is InChI=1S/C19H21N5O4/c1-26-15-10-12-13(11-16(15)27-2)21-19(22-17(12)20)24-7-5-23(6-8-24)18(25)14-4-3-9-28-14/h3-4,9-11H,5-8H2,1-2H3,(H2,20,21,22)/i3D,4D,9D. The van der Waals surface area contributed by atoms with Crippen LogP contribution in [0.25, 0.3) is 10.9 Å². The van der Waals surface area contributed by atoms with Gasteiger partial charge in [-0.2, -0.15) is 4.98 Å². The predicted molar refractivity (Wildman–Crippen MR) is 104 cm³/mol. The van der Waals surface area contributed by atoms with Crippen LogP contribution in [0.5, 0.6) is 11.5 Å². The second-order valence-electron chi connectivity index (χ2n) is 6.20. The van der Waals surface area contributed by atoms with E-state index in [4.69, 9.17) is 23.7 Å². The molecule has 9 heteroatoms. The number of amides is 1. The summed E-state index contributed by atoms with van der Waals surface area (Å²) in [5, 5.41) is 0.647. The van der Waals surface area contributed by atoms with Crippen molar-refractivity contribution in [1.29, 1.82) is 0 Å². The van der Waals surface area contributed by atoms with Gasteiger partial charge in [0, 0.05) is 37.6 Å². The average molecular weight is 386 g/mol. The van der Waals surface area contributed by atoms with Crippen LogP contribution >= 0.6 is 0 Å². The zero-order valence-corrected chi connectivity index (χ0v) is 15.5. The van der Waals surface area contributed by atoms with Crippen molar-refractivity contribution < 1.29 is 22.8 Å². The van der Waals surface area contributed by atoms with Crippen molar-refractivity contribution in [3.8, 4) is 11.5 Å². The number of fused-ring (bicyclic) bond motifs is 1. The smallest absolute Gasteiger partial charge is 0.289 e. The van der Waals surface area contributed by atoms with Gasteiger partial charge in [0.2, 0.25) is 5.95 Å². The van der Waals surface area contributed by atoms with Gasteiger partial charge in [-0.3, -0.25) is 4.79 Å². The van der Waals surface area contributed by atoms with Crippen molar-refractivity contribution in [2.75, 3.05) is 51.0 Å². The molecule has 2 aromatic heterocycles. The topological polar surface area (TPSA) is 107 Å². The number of methoxy groups -OCH3 is 2. The summed E-state index contributed by atoms with van der Waals surface area (Å²) in [7, 11) is 3.08. The second-order valence-corrected chi connectivity index (χ2v) is 6.20. The zero-order valence-electron chi connectivity index (χ0n) is 18.5. The summed E-state index contributed by atoms with van der Waals surface area (Å²) in [5.74, 6) is 1.01. The Kier molecular flexibility index (Phi) is 3.77. The number of hydrogen-bond donors (Lipinski definition) is 1. The van der Waals surface area contributed by atoms with Gasteiger partial charge in [0.25, 0.3) is 5.91 Å². The van der Waals surface area contributed by atoms with E-state index in [0.29, 0.717) is 60.3 Å². The maximum absolute atomic E-state index is 12.6. The minimum atomic E-state index is -0.507. The van der Waals surface area contributed by atoms with Crippen molar-refractivity contribution >= 4 is 28.6 Å². The van der Waals surface area contributed by atoms with E-state index in [2.05, 4.69) is 9.97 Å². The Hall–Kier alpha value is -3.49. The van der Waals surface area contributed by atoms with Gasteiger partial charge in [-0.05, 0) is 18.2 Å². The molecule has 1 aliphatic heterocycles. The summed E-state index contributed by atoms with van der Waals surface area (Å²) < 4.78 is 38.5. The number of nitrogen functional groups attached to an aromatic ring is 1. The molecular weight excluding hydrogens is 362 g/mol. The van der Waals surface area contributed by atoms with Crippen LogP contribution in [0.4, 0.5) is 11.8 Å². The third-order valence-electron chi connectivity index (χ3n) is 4.64. The molecule has 4 rings (SSSR count). The Labute approximate surface area is 165 Å². The van der Waals surface area contributed by atoms with Crippen molar-refractivity contribution in [2.45, 2.75) is 0 Å². The van der Waals surface area contributed by atoms with Gasteiger partial charge < -0.3 is 29.4 Å². The van der Waals surface area contributed by atoms with Gasteiger partial charge in [-0.15, -0.1) is 0 Å². The molecule has 146 valence electrons. The highest BCUT2D eigenvalue weighted by molar-refractivity contribution is 5.92. The molecule has 1 aromatic carbocycles. The molecule has 1 saturated heterocycles. The normalized spacial score (nSPS) is 15.9. The number of hydrogen-bond acceptors (Lipinski definition) is 8. The van der Waals surface area contributed by atoms with Crippen LogP contribution in [0, 0.1) is 0 Å². The number of nitrogens with two attached hydrogens (primary N) is 1. The zero-order chi connectivity index (χ0) is 22.3. The van der Waals surface area contributed by atoms with E-state index in [0.717, 1.165) is 0 Å². The van der Waals surface area contributed by atoms with Crippen LogP contribution in [-0.2, 0) is 0 Å². The Morgan fingerprint density at radius 3 is 2.54 bits per heavy atom. The number of rotatable bonds is 4. The lowest BCUT2D eigenvalue weighted by Crippen LogP contribution is -2.49. The molecule has 2 N–H and O–H groups in total. The summed E-state index contributed by atoms with van der Waals surface area (Å²) in [6, 6.07) is 2.70. The Morgan fingerprint density at radius 1 is 1.18 bits per heavy atom. The lowest BCUT2D eigenvalue weighted by Gasteiger charge is -2.34. The van der Waals surface area contributed by atoms with E-state index in [1.54, 1.807) is 19.2 Å². The minimum absolute atomic E-state index is 0.282. The highest BCUT2D eigenvalue weighted by Crippen LogP contribution is 2.34. The van der Waals surface area contributed by atoms with E-state index in [1.165, 1.54) is 12.0 Å². The largest absolute Gasteiger partial charge is 0.493 e. The molecule has 0 aliphatic carbocycles. The van der Waals surface area contributed by atoms with Crippen LogP contribution in [0.3, 0.4) is 0 Å². The average Bonchev–Trinajstić information content (AvgIpc) is 3.05. The van der Waals surface area contributed by atoms with Gasteiger partial charge in [-0.25, -0.2) is 4.98 Å². The number of carbonyl (C=O) groups excluding carboxylic acids is 1. The highest BCUT2D eigenvalue weighted by Gasteiger charge is 2.25. The van der Waals surface area contributed by atoms with Crippen LogP contribution in [0.15, 0.2) is 34.9 Å². The summed E-state index contributed by atoms with van der Waals surface area (Å²) >= 11 is 0. The van der Waals surface area contributed by atoms with Crippen LogP contribution in [0.1, 0.15) is 14.7 Å². The van der Waals surface area contributed by atoms with E-state index in [-0.39, 0.29) is 11.8 Å². The molecule has 28 heavy (non-hydrogen) atoms. The van der Waals surface area contributed by atoms with Crippen molar-refractivity contribution in [3.63, 3.8) is 0 Å². The fraction of sp³-hybridized carbons (Fsp3) is 0.316. The number of aromatic nitrogens is 2. The number of carbonyl (C=O) groups is 1. The Bertz CT molecular complexity index is 1160. The third kappa shape index (κ3) is 3.15. The van der Waals surface area contributed by atoms with E-state index in [1.807, 2.05) is 4.90 Å². The summed E-state index contributed by atoms with van der Waals surface area (Å²) in [6.45, 7) is 1.57. The molecule has 3 heterocycles. The molecule has 0 bridgehead atoms. The first-order valence-corrected chi connectivity index (χ1v) is 8.64. The first-order chi connectivity index (χ1) is 14.8. The van der Waals surface area contributed by atoms with E-state index < -0.39 is 18.2 Å².